The molecule has 0 aliphatic carbocycles. The fraction of sp³-hybridized carbons (Fsp3) is 0.967. The largest absolute Gasteiger partial charge is 4.00 e. The van der Waals surface area contributed by atoms with Crippen LogP contribution in [0.1, 0.15) is 747 Å². The van der Waals surface area contributed by atoms with Gasteiger partial charge in [0, 0.05) is 23.9 Å². The van der Waals surface area contributed by atoms with Crippen LogP contribution in [-0.4, -0.2) is 23.9 Å². The van der Waals surface area contributed by atoms with E-state index in [2.05, 4.69) is 27.7 Å². The summed E-state index contributed by atoms with van der Waals surface area (Å²) in [6, 6.07) is 0. The van der Waals surface area contributed by atoms with Crippen LogP contribution in [-0.2, 0) is 40.2 Å². The van der Waals surface area contributed by atoms with Crippen LogP contribution >= 0.6 is 0 Å². The third kappa shape index (κ3) is 150. The Morgan fingerprint density at radius 1 is 0.101 bits per heavy atom. The summed E-state index contributed by atoms with van der Waals surface area (Å²) in [6.07, 6.45) is 150. The summed E-state index contributed by atoms with van der Waals surface area (Å²) in [7, 11) is 0. The van der Waals surface area contributed by atoms with Gasteiger partial charge in [0.25, 0.3) is 0 Å². The van der Waals surface area contributed by atoms with Crippen molar-refractivity contribution in [2.24, 2.45) is 0 Å². The fourth-order valence-electron chi connectivity index (χ4n) is 19.0. The summed E-state index contributed by atoms with van der Waals surface area (Å²) in [4.78, 5) is 41.3. The van der Waals surface area contributed by atoms with Crippen molar-refractivity contribution in [1.29, 1.82) is 0 Å². The molecule has 0 saturated carbocycles. The maximum absolute atomic E-state index is 10.3. The van der Waals surface area contributed by atoms with E-state index in [9.17, 15) is 39.6 Å². The molecule has 8 nitrogen and oxygen atoms in total. The minimum atomic E-state index is -0.899. The second kappa shape index (κ2) is 133. The number of unbranched alkanes of at least 4 members (excludes halogenated alkanes) is 104. The van der Waals surface area contributed by atoms with Gasteiger partial charge in [-0.05, 0) is 51.4 Å². The number of aliphatic carboxylic acids is 4. The van der Waals surface area contributed by atoms with Gasteiger partial charge in [0.1, 0.15) is 0 Å². The minimum Gasteiger partial charge on any atom is -0.550 e. The molecular formula is C120H236MoO8. The zero-order chi connectivity index (χ0) is 93.5. The Bertz CT molecular complexity index is 1690. The smallest absolute Gasteiger partial charge is 0.550 e. The molecule has 0 radical (unpaired) electrons. The molecule has 0 aliphatic rings. The Kier molecular flexibility index (Phi) is 140. The van der Waals surface area contributed by atoms with E-state index in [0.29, 0.717) is 0 Å². The minimum absolute atomic E-state index is 0. The molecule has 9 heteroatoms. The van der Waals surface area contributed by atoms with Crippen LogP contribution in [0.2, 0.25) is 0 Å². The molecule has 0 aliphatic heterocycles. The molecule has 0 amide bonds. The van der Waals surface area contributed by atoms with E-state index in [-0.39, 0.29) is 46.7 Å². The quantitative estimate of drug-likeness (QED) is 0.0430. The van der Waals surface area contributed by atoms with Crippen molar-refractivity contribution in [1.82, 2.24) is 0 Å². The Morgan fingerprint density at radius 3 is 0.194 bits per heavy atom. The Morgan fingerprint density at radius 2 is 0.147 bits per heavy atom. The van der Waals surface area contributed by atoms with Gasteiger partial charge in [0.15, 0.2) is 0 Å². The summed E-state index contributed by atoms with van der Waals surface area (Å²) in [6.45, 7) is 9.18. The van der Waals surface area contributed by atoms with Gasteiger partial charge in [-0.1, -0.05) is 695 Å². The van der Waals surface area contributed by atoms with Crippen molar-refractivity contribution < 1.29 is 60.7 Å². The number of carbonyl (C=O) groups excluding carboxylic acids is 4. The van der Waals surface area contributed by atoms with Crippen LogP contribution in [0.15, 0.2) is 0 Å². The van der Waals surface area contributed by atoms with Gasteiger partial charge >= 0.3 is 21.1 Å². The SMILES string of the molecule is CCCCCCCCCCCCCCCCCCCCCCCCCCCCCC(=O)[O-].CCCCCCCCCCCCCCCCCCCCCCCCCCCCCC(=O)[O-].CCCCCCCCCCCCCCCCCCCCCCCCCCCCCC(=O)[O-].CCCCCCCCCCCCCCCCCCCCCCCCCCCCCC(=O)[O-].[Mo+4]. The average Bonchev–Trinajstić information content (AvgIpc) is 1.13. The molecule has 0 fully saturated rings. The molecule has 0 atom stereocenters. The van der Waals surface area contributed by atoms with Gasteiger partial charge < -0.3 is 39.6 Å². The maximum atomic E-state index is 10.3. The zero-order valence-electron chi connectivity index (χ0n) is 88.9. The maximum Gasteiger partial charge on any atom is 4.00 e. The standard InChI is InChI=1S/4C30H60O2.Mo/c4*1-2-3-4-5-6-7-8-9-10-11-12-13-14-15-16-17-18-19-20-21-22-23-24-25-26-27-28-29-30(31)32;/h4*2-29H2,1H3,(H,31,32);/q;;;;+4/p-4. The summed E-state index contributed by atoms with van der Waals surface area (Å²) in [5.74, 6) is -3.59. The predicted molar refractivity (Wildman–Crippen MR) is 560 cm³/mol. The van der Waals surface area contributed by atoms with E-state index in [4.69, 9.17) is 0 Å². The fourth-order valence-corrected chi connectivity index (χ4v) is 19.0. The van der Waals surface area contributed by atoms with E-state index in [0.717, 1.165) is 51.4 Å². The third-order valence-electron chi connectivity index (χ3n) is 27.9. The molecule has 0 N–H and O–H groups in total. The van der Waals surface area contributed by atoms with Gasteiger partial charge in [0.2, 0.25) is 0 Å². The van der Waals surface area contributed by atoms with Crippen LogP contribution < -0.4 is 20.4 Å². The third-order valence-corrected chi connectivity index (χ3v) is 27.9. The number of carbonyl (C=O) groups is 4. The van der Waals surface area contributed by atoms with Crippen molar-refractivity contribution in [3.05, 3.63) is 0 Å². The Labute approximate surface area is 825 Å². The second-order valence-electron chi connectivity index (χ2n) is 41.3. The van der Waals surface area contributed by atoms with Gasteiger partial charge in [0.05, 0.1) is 0 Å². The summed E-state index contributed by atoms with van der Waals surface area (Å²) in [5, 5.41) is 41.3. The molecule has 129 heavy (non-hydrogen) atoms. The van der Waals surface area contributed by atoms with Crippen molar-refractivity contribution in [2.75, 3.05) is 0 Å². The van der Waals surface area contributed by atoms with Gasteiger partial charge in [-0.2, -0.15) is 0 Å². The molecule has 0 aromatic rings. The van der Waals surface area contributed by atoms with Crippen molar-refractivity contribution in [3.8, 4) is 0 Å². The predicted octanol–water partition coefficient (Wildman–Crippen LogP) is 38.7. The molecular weight excluding hydrogens is 1670 g/mol. The number of carboxylic acids is 4. The van der Waals surface area contributed by atoms with Crippen molar-refractivity contribution in [2.45, 2.75) is 747 Å². The summed E-state index contributed by atoms with van der Waals surface area (Å²) < 4.78 is 0. The molecule has 0 aromatic carbocycles. The Balaban J connectivity index is -0.000000528. The zero-order valence-corrected chi connectivity index (χ0v) is 90.9. The first kappa shape index (κ1) is 136. The van der Waals surface area contributed by atoms with E-state index < -0.39 is 23.9 Å². The molecule has 0 unspecified atom stereocenters. The summed E-state index contributed by atoms with van der Waals surface area (Å²) in [5.41, 5.74) is 0. The molecule has 0 spiro atoms. The van der Waals surface area contributed by atoms with Crippen molar-refractivity contribution in [3.63, 3.8) is 0 Å². The first-order valence-corrected chi connectivity index (χ1v) is 59.9. The monoisotopic (exact) mass is 1900 g/mol. The topological polar surface area (TPSA) is 161 Å². The molecule has 0 heterocycles. The first-order chi connectivity index (χ1) is 63.1. The van der Waals surface area contributed by atoms with Gasteiger partial charge in [-0.15, -0.1) is 0 Å². The first-order valence-electron chi connectivity index (χ1n) is 59.9. The van der Waals surface area contributed by atoms with Crippen LogP contribution in [0.4, 0.5) is 0 Å². The van der Waals surface area contributed by atoms with Crippen LogP contribution in [0.25, 0.3) is 0 Å². The molecule has 770 valence electrons. The van der Waals surface area contributed by atoms with Crippen LogP contribution in [0.3, 0.4) is 0 Å². The van der Waals surface area contributed by atoms with Crippen LogP contribution in [0.5, 0.6) is 0 Å². The molecule has 0 rings (SSSR count). The second-order valence-corrected chi connectivity index (χ2v) is 41.3. The van der Waals surface area contributed by atoms with E-state index >= 15 is 0 Å². The van der Waals surface area contributed by atoms with Crippen LogP contribution in [0, 0.1) is 0 Å². The number of hydrogen-bond donors (Lipinski definition) is 0. The molecule has 0 saturated heterocycles. The summed E-state index contributed by atoms with van der Waals surface area (Å²) >= 11 is 0. The van der Waals surface area contributed by atoms with E-state index in [1.54, 1.807) is 0 Å². The molecule has 0 bridgehead atoms. The normalized spacial score (nSPS) is 11.2. The van der Waals surface area contributed by atoms with Gasteiger partial charge in [-0.25, -0.2) is 0 Å². The van der Waals surface area contributed by atoms with E-state index in [1.165, 1.54) is 642 Å². The number of rotatable bonds is 112. The number of hydrogen-bond acceptors (Lipinski definition) is 8. The Hall–Kier alpha value is -1.43. The van der Waals surface area contributed by atoms with Crippen molar-refractivity contribution >= 4 is 23.9 Å². The molecule has 0 aromatic heterocycles. The average molecular weight is 1900 g/mol. The van der Waals surface area contributed by atoms with E-state index in [1.807, 2.05) is 0 Å². The number of carboxylic acid groups (broad SMARTS) is 4. The van der Waals surface area contributed by atoms with Gasteiger partial charge in [-0.3, -0.25) is 0 Å².